The number of morpholine rings is 1. The van der Waals surface area contributed by atoms with Crippen LogP contribution in [0.15, 0.2) is 0 Å². The highest BCUT2D eigenvalue weighted by Crippen LogP contribution is 2.37. The number of carbonyl (C=O) groups excluding carboxylic acids is 1. The fraction of sp³-hybridized carbons (Fsp3) is 0.929. The highest BCUT2D eigenvalue weighted by atomic mass is 16.5. The molecule has 2 saturated heterocycles. The molecule has 2 rings (SSSR count). The molecule has 2 aliphatic heterocycles. The number of nitrogens with zero attached hydrogens (tertiary/aromatic N) is 1. The van der Waals surface area contributed by atoms with Crippen molar-refractivity contribution in [2.45, 2.75) is 39.7 Å². The van der Waals surface area contributed by atoms with Crippen LogP contribution in [0.3, 0.4) is 0 Å². The van der Waals surface area contributed by atoms with Gasteiger partial charge < -0.3 is 15.0 Å². The number of hydrogen-bond donors (Lipinski definition) is 1. The van der Waals surface area contributed by atoms with Crippen LogP contribution >= 0.6 is 0 Å². The van der Waals surface area contributed by atoms with Crippen LogP contribution < -0.4 is 5.32 Å². The Kier molecular flexibility index (Phi) is 4.28. The van der Waals surface area contributed by atoms with Gasteiger partial charge in [0.25, 0.3) is 0 Å². The molecule has 4 heteroatoms. The van der Waals surface area contributed by atoms with E-state index in [2.05, 4.69) is 31.0 Å². The fourth-order valence-corrected chi connectivity index (χ4v) is 3.18. The minimum atomic E-state index is -0.190. The minimum Gasteiger partial charge on any atom is -0.377 e. The van der Waals surface area contributed by atoms with Crippen molar-refractivity contribution in [3.63, 3.8) is 0 Å². The van der Waals surface area contributed by atoms with E-state index >= 15 is 0 Å². The largest absolute Gasteiger partial charge is 0.377 e. The summed E-state index contributed by atoms with van der Waals surface area (Å²) >= 11 is 0. The van der Waals surface area contributed by atoms with Crippen LogP contribution in [0, 0.1) is 11.3 Å². The Morgan fingerprint density at radius 2 is 2.33 bits per heavy atom. The molecule has 0 saturated carbocycles. The van der Waals surface area contributed by atoms with Gasteiger partial charge in [0, 0.05) is 13.1 Å². The normalized spacial score (nSPS) is 33.1. The molecule has 0 aromatic heterocycles. The van der Waals surface area contributed by atoms with E-state index in [0.29, 0.717) is 25.0 Å². The molecule has 104 valence electrons. The van der Waals surface area contributed by atoms with Crippen LogP contribution in [0.1, 0.15) is 33.6 Å². The fourth-order valence-electron chi connectivity index (χ4n) is 3.18. The maximum atomic E-state index is 13.0. The predicted octanol–water partition coefficient (Wildman–Crippen LogP) is 1.26. The second-order valence-electron chi connectivity index (χ2n) is 5.87. The second-order valence-corrected chi connectivity index (χ2v) is 5.87. The van der Waals surface area contributed by atoms with E-state index in [9.17, 15) is 4.79 Å². The molecular weight excluding hydrogens is 228 g/mol. The third kappa shape index (κ3) is 2.28. The summed E-state index contributed by atoms with van der Waals surface area (Å²) in [5.41, 5.74) is -0.190. The van der Waals surface area contributed by atoms with Crippen molar-refractivity contribution in [1.29, 1.82) is 0 Å². The molecule has 0 bridgehead atoms. The maximum Gasteiger partial charge on any atom is 0.230 e. The van der Waals surface area contributed by atoms with Gasteiger partial charge in [-0.15, -0.1) is 0 Å². The van der Waals surface area contributed by atoms with Crippen LogP contribution in [0.25, 0.3) is 0 Å². The summed E-state index contributed by atoms with van der Waals surface area (Å²) in [6.07, 6.45) is 1.95. The minimum absolute atomic E-state index is 0.190. The zero-order valence-electron chi connectivity index (χ0n) is 11.9. The van der Waals surface area contributed by atoms with E-state index in [1.54, 1.807) is 0 Å². The van der Waals surface area contributed by atoms with Crippen molar-refractivity contribution in [2.24, 2.45) is 11.3 Å². The van der Waals surface area contributed by atoms with Crippen molar-refractivity contribution >= 4 is 5.91 Å². The van der Waals surface area contributed by atoms with Gasteiger partial charge in [-0.3, -0.25) is 4.79 Å². The van der Waals surface area contributed by atoms with Crippen LogP contribution in [0.2, 0.25) is 0 Å². The van der Waals surface area contributed by atoms with Gasteiger partial charge in [0.2, 0.25) is 5.91 Å². The first-order chi connectivity index (χ1) is 8.62. The molecule has 0 aliphatic carbocycles. The molecule has 1 N–H and O–H groups in total. The molecular formula is C14H26N2O2. The van der Waals surface area contributed by atoms with Gasteiger partial charge in [-0.1, -0.05) is 20.8 Å². The van der Waals surface area contributed by atoms with E-state index in [4.69, 9.17) is 4.74 Å². The number of nitrogens with one attached hydrogen (secondary N) is 1. The smallest absolute Gasteiger partial charge is 0.230 e. The average molecular weight is 254 g/mol. The number of hydrogen-bond acceptors (Lipinski definition) is 3. The van der Waals surface area contributed by atoms with Crippen LogP contribution in [0.4, 0.5) is 0 Å². The first-order valence-electron chi connectivity index (χ1n) is 7.21. The van der Waals surface area contributed by atoms with Gasteiger partial charge in [-0.25, -0.2) is 0 Å². The summed E-state index contributed by atoms with van der Waals surface area (Å²) < 4.78 is 5.50. The van der Waals surface area contributed by atoms with Crippen molar-refractivity contribution in [2.75, 3.05) is 32.8 Å². The van der Waals surface area contributed by atoms with Crippen molar-refractivity contribution in [3.8, 4) is 0 Å². The topological polar surface area (TPSA) is 41.6 Å². The van der Waals surface area contributed by atoms with Gasteiger partial charge in [0.15, 0.2) is 0 Å². The summed E-state index contributed by atoms with van der Waals surface area (Å²) in [7, 11) is 0. The maximum absolute atomic E-state index is 13.0. The average Bonchev–Trinajstić information content (AvgIpc) is 2.88. The molecule has 0 aromatic carbocycles. The summed E-state index contributed by atoms with van der Waals surface area (Å²) in [6.45, 7) is 10.4. The zero-order valence-corrected chi connectivity index (χ0v) is 11.9. The SMILES string of the molecule is CCC1COCCN1C(=O)C1(C(C)C)CCNC1. The Labute approximate surface area is 110 Å². The lowest BCUT2D eigenvalue weighted by molar-refractivity contribution is -0.152. The van der Waals surface area contributed by atoms with Gasteiger partial charge in [-0.05, 0) is 25.3 Å². The summed E-state index contributed by atoms with van der Waals surface area (Å²) in [4.78, 5) is 15.0. The zero-order chi connectivity index (χ0) is 13.2. The first kappa shape index (κ1) is 13.8. The van der Waals surface area contributed by atoms with E-state index < -0.39 is 0 Å². The van der Waals surface area contributed by atoms with Crippen LogP contribution in [-0.2, 0) is 9.53 Å². The Bertz CT molecular complexity index is 298. The molecule has 2 heterocycles. The molecule has 0 radical (unpaired) electrons. The third-order valence-electron chi connectivity index (χ3n) is 4.68. The lowest BCUT2D eigenvalue weighted by Gasteiger charge is -2.42. The van der Waals surface area contributed by atoms with Crippen molar-refractivity contribution in [1.82, 2.24) is 10.2 Å². The molecule has 2 aliphatic rings. The van der Waals surface area contributed by atoms with Gasteiger partial charge in [0.05, 0.1) is 24.7 Å². The van der Waals surface area contributed by atoms with Crippen molar-refractivity contribution < 1.29 is 9.53 Å². The predicted molar refractivity (Wildman–Crippen MR) is 71.4 cm³/mol. The molecule has 0 aromatic rings. The molecule has 2 unspecified atom stereocenters. The van der Waals surface area contributed by atoms with Crippen LogP contribution in [-0.4, -0.2) is 49.7 Å². The standard InChI is InChI=1S/C14H26N2O2/c1-4-12-9-18-8-7-16(12)13(17)14(11(2)3)5-6-15-10-14/h11-12,15H,4-10H2,1-3H3. The molecule has 18 heavy (non-hydrogen) atoms. The Morgan fingerprint density at radius 1 is 1.56 bits per heavy atom. The van der Waals surface area contributed by atoms with Crippen molar-refractivity contribution in [3.05, 3.63) is 0 Å². The van der Waals surface area contributed by atoms with Crippen LogP contribution in [0.5, 0.6) is 0 Å². The number of amides is 1. The highest BCUT2D eigenvalue weighted by molar-refractivity contribution is 5.84. The highest BCUT2D eigenvalue weighted by Gasteiger charge is 2.47. The van der Waals surface area contributed by atoms with Gasteiger partial charge in [0.1, 0.15) is 0 Å². The number of ether oxygens (including phenoxy) is 1. The molecule has 2 fully saturated rings. The summed E-state index contributed by atoms with van der Waals surface area (Å²) in [5.74, 6) is 0.734. The van der Waals surface area contributed by atoms with Gasteiger partial charge >= 0.3 is 0 Å². The van der Waals surface area contributed by atoms with E-state index in [0.717, 1.165) is 32.5 Å². The number of carbonyl (C=O) groups is 1. The lowest BCUT2D eigenvalue weighted by atomic mass is 9.75. The van der Waals surface area contributed by atoms with E-state index in [1.165, 1.54) is 0 Å². The van der Waals surface area contributed by atoms with Gasteiger partial charge in [-0.2, -0.15) is 0 Å². The first-order valence-corrected chi connectivity index (χ1v) is 7.21. The van der Waals surface area contributed by atoms with E-state index in [1.807, 2.05) is 0 Å². The second kappa shape index (κ2) is 5.57. The summed E-state index contributed by atoms with van der Waals surface area (Å²) in [6, 6.07) is 0.266. The Hall–Kier alpha value is -0.610. The Morgan fingerprint density at radius 3 is 2.89 bits per heavy atom. The molecule has 4 nitrogen and oxygen atoms in total. The molecule has 2 atom stereocenters. The monoisotopic (exact) mass is 254 g/mol. The molecule has 1 amide bonds. The summed E-state index contributed by atoms with van der Waals surface area (Å²) in [5, 5.41) is 3.37. The van der Waals surface area contributed by atoms with E-state index in [-0.39, 0.29) is 11.5 Å². The number of rotatable bonds is 3. The lowest BCUT2D eigenvalue weighted by Crippen LogP contribution is -2.56. The Balaban J connectivity index is 2.17. The quantitative estimate of drug-likeness (QED) is 0.824. The molecule has 0 spiro atoms. The third-order valence-corrected chi connectivity index (χ3v) is 4.68.